The van der Waals surface area contributed by atoms with Gasteiger partial charge in [0, 0.05) is 18.8 Å². The lowest BCUT2D eigenvalue weighted by molar-refractivity contribution is -0.0581. The average molecular weight is 234 g/mol. The van der Waals surface area contributed by atoms with Crippen LogP contribution in [0.3, 0.4) is 0 Å². The second kappa shape index (κ2) is 4.98. The summed E-state index contributed by atoms with van der Waals surface area (Å²) in [5.41, 5.74) is 0.340. The number of benzene rings is 1. The Bertz CT molecular complexity index is 392. The van der Waals surface area contributed by atoms with E-state index in [1.54, 1.807) is 13.0 Å². The molecular formula is C14H18O3. The van der Waals surface area contributed by atoms with Gasteiger partial charge in [0.15, 0.2) is 0 Å². The molecule has 1 unspecified atom stereocenters. The van der Waals surface area contributed by atoms with Crippen LogP contribution in [0.2, 0.25) is 0 Å². The topological polar surface area (TPSA) is 46.5 Å². The quantitative estimate of drug-likeness (QED) is 0.815. The molecule has 1 atom stereocenters. The SMILES string of the molecule is CC(O)(c1ccccc1C=O)C1CCOCC1. The largest absolute Gasteiger partial charge is 0.385 e. The van der Waals surface area contributed by atoms with Gasteiger partial charge in [0.05, 0.1) is 5.60 Å². The van der Waals surface area contributed by atoms with Crippen LogP contribution in [0.4, 0.5) is 0 Å². The second-order valence-corrected chi connectivity index (χ2v) is 4.74. The van der Waals surface area contributed by atoms with E-state index in [1.165, 1.54) is 0 Å². The van der Waals surface area contributed by atoms with Crippen LogP contribution in [-0.4, -0.2) is 24.6 Å². The summed E-state index contributed by atoms with van der Waals surface area (Å²) in [6.07, 6.45) is 2.48. The zero-order valence-corrected chi connectivity index (χ0v) is 10.1. The number of hydrogen-bond donors (Lipinski definition) is 1. The van der Waals surface area contributed by atoms with Gasteiger partial charge in [0.1, 0.15) is 6.29 Å². The highest BCUT2D eigenvalue weighted by atomic mass is 16.5. The molecule has 92 valence electrons. The van der Waals surface area contributed by atoms with E-state index in [0.717, 1.165) is 24.7 Å². The fourth-order valence-electron chi connectivity index (χ4n) is 2.54. The molecule has 17 heavy (non-hydrogen) atoms. The van der Waals surface area contributed by atoms with Crippen molar-refractivity contribution in [3.05, 3.63) is 35.4 Å². The number of aldehydes is 1. The van der Waals surface area contributed by atoms with Crippen LogP contribution in [0.15, 0.2) is 24.3 Å². The van der Waals surface area contributed by atoms with Gasteiger partial charge >= 0.3 is 0 Å². The zero-order valence-electron chi connectivity index (χ0n) is 10.1. The number of hydrogen-bond acceptors (Lipinski definition) is 3. The minimum atomic E-state index is -0.957. The summed E-state index contributed by atoms with van der Waals surface area (Å²) in [5.74, 6) is 0.150. The Hall–Kier alpha value is -1.19. The fraction of sp³-hybridized carbons (Fsp3) is 0.500. The number of carbonyl (C=O) groups excluding carboxylic acids is 1. The Morgan fingerprint density at radius 2 is 2.00 bits per heavy atom. The normalized spacial score (nSPS) is 20.8. The highest BCUT2D eigenvalue weighted by Crippen LogP contribution is 2.36. The highest BCUT2D eigenvalue weighted by molar-refractivity contribution is 5.77. The van der Waals surface area contributed by atoms with Gasteiger partial charge in [-0.15, -0.1) is 0 Å². The molecule has 1 aromatic carbocycles. The number of ether oxygens (including phenoxy) is 1. The van der Waals surface area contributed by atoms with Gasteiger partial charge in [-0.25, -0.2) is 0 Å². The van der Waals surface area contributed by atoms with E-state index in [0.29, 0.717) is 18.8 Å². The molecule has 0 radical (unpaired) electrons. The summed E-state index contributed by atoms with van der Waals surface area (Å²) in [4.78, 5) is 11.0. The molecule has 3 nitrogen and oxygen atoms in total. The number of carbonyl (C=O) groups is 1. The molecule has 1 aromatic rings. The van der Waals surface area contributed by atoms with Gasteiger partial charge in [0.25, 0.3) is 0 Å². The van der Waals surface area contributed by atoms with Crippen LogP contribution in [0, 0.1) is 5.92 Å². The van der Waals surface area contributed by atoms with E-state index in [4.69, 9.17) is 4.74 Å². The van der Waals surface area contributed by atoms with Crippen molar-refractivity contribution >= 4 is 6.29 Å². The summed E-state index contributed by atoms with van der Waals surface area (Å²) >= 11 is 0. The molecule has 0 spiro atoms. The minimum absolute atomic E-state index is 0.150. The van der Waals surface area contributed by atoms with Gasteiger partial charge in [-0.2, -0.15) is 0 Å². The molecule has 0 aliphatic carbocycles. The zero-order chi connectivity index (χ0) is 12.3. The van der Waals surface area contributed by atoms with Crippen LogP contribution in [0.5, 0.6) is 0 Å². The molecule has 2 rings (SSSR count). The molecule has 0 bridgehead atoms. The van der Waals surface area contributed by atoms with Crippen LogP contribution in [0.25, 0.3) is 0 Å². The first-order chi connectivity index (χ1) is 8.16. The molecular weight excluding hydrogens is 216 g/mol. The van der Waals surface area contributed by atoms with Gasteiger partial charge in [-0.3, -0.25) is 4.79 Å². The van der Waals surface area contributed by atoms with E-state index in [1.807, 2.05) is 18.2 Å². The van der Waals surface area contributed by atoms with Gasteiger partial charge in [-0.05, 0) is 31.2 Å². The molecule has 1 N–H and O–H groups in total. The summed E-state index contributed by atoms with van der Waals surface area (Å²) < 4.78 is 5.31. The maximum Gasteiger partial charge on any atom is 0.150 e. The van der Waals surface area contributed by atoms with E-state index in [2.05, 4.69) is 0 Å². The van der Waals surface area contributed by atoms with Gasteiger partial charge in [0.2, 0.25) is 0 Å². The second-order valence-electron chi connectivity index (χ2n) is 4.74. The standard InChI is InChI=1S/C14H18O3/c1-14(16,12-6-8-17-9-7-12)13-5-3-2-4-11(13)10-15/h2-5,10,12,16H,6-9H2,1H3. The first-order valence-electron chi connectivity index (χ1n) is 6.01. The molecule has 0 amide bonds. The Morgan fingerprint density at radius 3 is 2.65 bits per heavy atom. The van der Waals surface area contributed by atoms with Crippen molar-refractivity contribution in [2.75, 3.05) is 13.2 Å². The monoisotopic (exact) mass is 234 g/mol. The highest BCUT2D eigenvalue weighted by Gasteiger charge is 2.36. The van der Waals surface area contributed by atoms with Gasteiger partial charge in [-0.1, -0.05) is 24.3 Å². The van der Waals surface area contributed by atoms with Gasteiger partial charge < -0.3 is 9.84 Å². The van der Waals surface area contributed by atoms with Crippen molar-refractivity contribution in [2.24, 2.45) is 5.92 Å². The maximum absolute atomic E-state index is 11.0. The molecule has 0 saturated carbocycles. The fourth-order valence-corrected chi connectivity index (χ4v) is 2.54. The summed E-state index contributed by atoms with van der Waals surface area (Å²) in [6.45, 7) is 3.17. The van der Waals surface area contributed by atoms with E-state index in [9.17, 15) is 9.90 Å². The Kier molecular flexibility index (Phi) is 3.60. The van der Waals surface area contributed by atoms with Crippen molar-refractivity contribution in [1.82, 2.24) is 0 Å². The van der Waals surface area contributed by atoms with Crippen molar-refractivity contribution in [3.63, 3.8) is 0 Å². The number of rotatable bonds is 3. The molecule has 1 aliphatic heterocycles. The first-order valence-corrected chi connectivity index (χ1v) is 6.01. The summed E-state index contributed by atoms with van der Waals surface area (Å²) in [5, 5.41) is 10.7. The third kappa shape index (κ3) is 2.40. The van der Waals surface area contributed by atoms with Crippen LogP contribution in [-0.2, 0) is 10.3 Å². The van der Waals surface area contributed by atoms with E-state index >= 15 is 0 Å². The van der Waals surface area contributed by atoms with E-state index < -0.39 is 5.60 Å². The van der Waals surface area contributed by atoms with Crippen LogP contribution < -0.4 is 0 Å². The molecule has 3 heteroatoms. The Balaban J connectivity index is 2.32. The lowest BCUT2D eigenvalue weighted by atomic mass is 9.77. The van der Waals surface area contributed by atoms with Crippen molar-refractivity contribution < 1.29 is 14.6 Å². The molecule has 0 aromatic heterocycles. The van der Waals surface area contributed by atoms with Crippen LogP contribution in [0.1, 0.15) is 35.7 Å². The smallest absolute Gasteiger partial charge is 0.150 e. The summed E-state index contributed by atoms with van der Waals surface area (Å²) in [7, 11) is 0. The average Bonchev–Trinajstić information content (AvgIpc) is 2.39. The third-order valence-corrected chi connectivity index (χ3v) is 3.65. The van der Waals surface area contributed by atoms with Crippen molar-refractivity contribution in [1.29, 1.82) is 0 Å². The molecule has 1 fully saturated rings. The molecule has 1 aliphatic rings. The predicted molar refractivity (Wildman–Crippen MR) is 64.9 cm³/mol. The lowest BCUT2D eigenvalue weighted by Crippen LogP contribution is -2.36. The molecule has 1 heterocycles. The summed E-state index contributed by atoms with van der Waals surface area (Å²) in [6, 6.07) is 7.25. The minimum Gasteiger partial charge on any atom is -0.385 e. The third-order valence-electron chi connectivity index (χ3n) is 3.65. The van der Waals surface area contributed by atoms with E-state index in [-0.39, 0.29) is 5.92 Å². The van der Waals surface area contributed by atoms with Crippen molar-refractivity contribution in [3.8, 4) is 0 Å². The van der Waals surface area contributed by atoms with Crippen molar-refractivity contribution in [2.45, 2.75) is 25.4 Å². The Labute approximate surface area is 101 Å². The first kappa shape index (κ1) is 12.3. The lowest BCUT2D eigenvalue weighted by Gasteiger charge is -2.36. The number of aliphatic hydroxyl groups is 1. The van der Waals surface area contributed by atoms with Crippen LogP contribution >= 0.6 is 0 Å². The molecule has 1 saturated heterocycles. The predicted octanol–water partition coefficient (Wildman–Crippen LogP) is 2.13. The Morgan fingerprint density at radius 1 is 1.35 bits per heavy atom. The maximum atomic E-state index is 11.0.